The quantitative estimate of drug-likeness (QED) is 0.713. The minimum atomic E-state index is -0.422. The number of nitrogens with zero attached hydrogens (tertiary/aromatic N) is 1. The molecule has 0 saturated heterocycles. The number of rotatable bonds is 3. The Labute approximate surface area is 162 Å². The van der Waals surface area contributed by atoms with Gasteiger partial charge >= 0.3 is 0 Å². The lowest BCUT2D eigenvalue weighted by molar-refractivity contribution is 0.0924. The van der Waals surface area contributed by atoms with Crippen molar-refractivity contribution in [1.29, 1.82) is 0 Å². The lowest BCUT2D eigenvalue weighted by Crippen LogP contribution is -2.29. The molecule has 138 valence electrons. The van der Waals surface area contributed by atoms with E-state index in [1.807, 2.05) is 43.3 Å². The molecule has 3 aromatic rings. The van der Waals surface area contributed by atoms with Gasteiger partial charge in [-0.05, 0) is 48.4 Å². The topological polar surface area (TPSA) is 66.5 Å². The van der Waals surface area contributed by atoms with Crippen LogP contribution in [-0.4, -0.2) is 24.8 Å². The van der Waals surface area contributed by atoms with Crippen molar-refractivity contribution >= 4 is 23.4 Å². The summed E-state index contributed by atoms with van der Waals surface area (Å²) in [6, 6.07) is 20.0. The highest BCUT2D eigenvalue weighted by Gasteiger charge is 2.37. The predicted molar refractivity (Wildman–Crippen MR) is 108 cm³/mol. The summed E-state index contributed by atoms with van der Waals surface area (Å²) in [4.78, 5) is 38.6. The number of amides is 3. The molecule has 4 rings (SSSR count). The van der Waals surface area contributed by atoms with Crippen LogP contribution < -0.4 is 10.2 Å². The number of nitrogens with one attached hydrogen (secondary N) is 1. The SMILES string of the molecule is CNC(=O)c1ccc2c(c1)C(=O)N(c1ccc(-c3ccc(C)cc3)cc1)C2=O. The van der Waals surface area contributed by atoms with Crippen LogP contribution in [0, 0.1) is 6.92 Å². The summed E-state index contributed by atoms with van der Waals surface area (Å²) in [7, 11) is 1.52. The summed E-state index contributed by atoms with van der Waals surface area (Å²) in [6.45, 7) is 2.03. The van der Waals surface area contributed by atoms with Crippen LogP contribution in [0.5, 0.6) is 0 Å². The Morgan fingerprint density at radius 3 is 1.96 bits per heavy atom. The van der Waals surface area contributed by atoms with Crippen LogP contribution in [0.4, 0.5) is 5.69 Å². The second kappa shape index (κ2) is 6.78. The minimum Gasteiger partial charge on any atom is -0.355 e. The van der Waals surface area contributed by atoms with Gasteiger partial charge in [-0.15, -0.1) is 0 Å². The van der Waals surface area contributed by atoms with Crippen molar-refractivity contribution in [3.8, 4) is 11.1 Å². The Bertz CT molecular complexity index is 1100. The van der Waals surface area contributed by atoms with Crippen LogP contribution in [0.15, 0.2) is 66.7 Å². The molecule has 0 radical (unpaired) electrons. The van der Waals surface area contributed by atoms with Crippen molar-refractivity contribution in [3.63, 3.8) is 0 Å². The van der Waals surface area contributed by atoms with Crippen LogP contribution in [-0.2, 0) is 0 Å². The first-order valence-electron chi connectivity index (χ1n) is 8.91. The molecular formula is C23H18N2O3. The Morgan fingerprint density at radius 1 is 0.786 bits per heavy atom. The molecular weight excluding hydrogens is 352 g/mol. The number of aryl methyl sites for hydroxylation is 1. The molecule has 0 bridgehead atoms. The number of carbonyl (C=O) groups is 3. The highest BCUT2D eigenvalue weighted by Crippen LogP contribution is 2.31. The molecule has 3 amide bonds. The lowest BCUT2D eigenvalue weighted by Gasteiger charge is -2.14. The van der Waals surface area contributed by atoms with E-state index in [4.69, 9.17) is 0 Å². The molecule has 1 aliphatic rings. The number of hydrogen-bond acceptors (Lipinski definition) is 3. The molecule has 0 unspecified atom stereocenters. The Balaban J connectivity index is 1.66. The molecule has 1 heterocycles. The normalized spacial score (nSPS) is 12.9. The summed E-state index contributed by atoms with van der Waals surface area (Å²) in [5.74, 6) is -1.11. The van der Waals surface area contributed by atoms with E-state index in [0.29, 0.717) is 16.8 Å². The monoisotopic (exact) mass is 370 g/mol. The van der Waals surface area contributed by atoms with Crippen LogP contribution in [0.1, 0.15) is 36.6 Å². The molecule has 0 saturated carbocycles. The lowest BCUT2D eigenvalue weighted by atomic mass is 10.0. The second-order valence-electron chi connectivity index (χ2n) is 6.70. The third-order valence-corrected chi connectivity index (χ3v) is 4.89. The van der Waals surface area contributed by atoms with Crippen LogP contribution in [0.3, 0.4) is 0 Å². The number of hydrogen-bond donors (Lipinski definition) is 1. The largest absolute Gasteiger partial charge is 0.355 e. The van der Waals surface area contributed by atoms with E-state index in [1.165, 1.54) is 24.7 Å². The van der Waals surface area contributed by atoms with Crippen molar-refractivity contribution in [2.24, 2.45) is 0 Å². The number of benzene rings is 3. The van der Waals surface area contributed by atoms with Crippen molar-refractivity contribution in [2.75, 3.05) is 11.9 Å². The molecule has 0 atom stereocenters. The first kappa shape index (κ1) is 17.7. The van der Waals surface area contributed by atoms with Crippen molar-refractivity contribution < 1.29 is 14.4 Å². The Hall–Kier alpha value is -3.73. The molecule has 1 aliphatic heterocycles. The van der Waals surface area contributed by atoms with Gasteiger partial charge in [0.15, 0.2) is 0 Å². The number of anilines is 1. The van der Waals surface area contributed by atoms with Gasteiger partial charge in [-0.2, -0.15) is 0 Å². The fourth-order valence-electron chi connectivity index (χ4n) is 3.31. The Kier molecular flexibility index (Phi) is 4.28. The van der Waals surface area contributed by atoms with Gasteiger partial charge in [-0.25, -0.2) is 4.90 Å². The van der Waals surface area contributed by atoms with Crippen molar-refractivity contribution in [2.45, 2.75) is 6.92 Å². The first-order chi connectivity index (χ1) is 13.5. The van der Waals surface area contributed by atoms with E-state index in [-0.39, 0.29) is 17.4 Å². The van der Waals surface area contributed by atoms with Gasteiger partial charge in [0.25, 0.3) is 17.7 Å². The second-order valence-corrected chi connectivity index (χ2v) is 6.70. The van der Waals surface area contributed by atoms with Gasteiger partial charge in [-0.1, -0.05) is 42.0 Å². The maximum Gasteiger partial charge on any atom is 0.266 e. The smallest absolute Gasteiger partial charge is 0.266 e. The first-order valence-corrected chi connectivity index (χ1v) is 8.91. The van der Waals surface area contributed by atoms with Gasteiger partial charge in [-0.3, -0.25) is 14.4 Å². The molecule has 3 aromatic carbocycles. The summed E-state index contributed by atoms with van der Waals surface area (Å²) in [6.07, 6.45) is 0. The number of carbonyl (C=O) groups excluding carboxylic acids is 3. The standard InChI is InChI=1S/C23H18N2O3/c1-14-3-5-15(6-4-14)16-7-10-18(11-8-16)25-22(27)19-12-9-17(21(26)24-2)13-20(19)23(25)28/h3-13H,1-2H3,(H,24,26). The van der Waals surface area contributed by atoms with E-state index < -0.39 is 5.91 Å². The summed E-state index contributed by atoms with van der Waals surface area (Å²) in [5.41, 5.74) is 4.65. The summed E-state index contributed by atoms with van der Waals surface area (Å²) < 4.78 is 0. The molecule has 0 aromatic heterocycles. The zero-order chi connectivity index (χ0) is 19.8. The zero-order valence-electron chi connectivity index (χ0n) is 15.5. The average molecular weight is 370 g/mol. The highest BCUT2D eigenvalue weighted by atomic mass is 16.2. The van der Waals surface area contributed by atoms with Crippen LogP contribution >= 0.6 is 0 Å². The van der Waals surface area contributed by atoms with E-state index >= 15 is 0 Å². The molecule has 28 heavy (non-hydrogen) atoms. The molecule has 0 aliphatic carbocycles. The summed E-state index contributed by atoms with van der Waals surface area (Å²) in [5, 5.41) is 2.52. The average Bonchev–Trinajstić information content (AvgIpc) is 2.98. The molecule has 5 nitrogen and oxygen atoms in total. The molecule has 0 spiro atoms. The Morgan fingerprint density at radius 2 is 1.36 bits per heavy atom. The molecule has 1 N–H and O–H groups in total. The maximum absolute atomic E-state index is 12.8. The fraction of sp³-hybridized carbons (Fsp3) is 0.0870. The van der Waals surface area contributed by atoms with E-state index in [2.05, 4.69) is 5.32 Å². The maximum atomic E-state index is 12.8. The minimum absolute atomic E-state index is 0.244. The highest BCUT2D eigenvalue weighted by molar-refractivity contribution is 6.34. The summed E-state index contributed by atoms with van der Waals surface area (Å²) >= 11 is 0. The van der Waals surface area contributed by atoms with Gasteiger partial charge in [0.1, 0.15) is 0 Å². The zero-order valence-corrected chi connectivity index (χ0v) is 15.5. The van der Waals surface area contributed by atoms with E-state index in [1.54, 1.807) is 18.2 Å². The van der Waals surface area contributed by atoms with E-state index in [0.717, 1.165) is 16.0 Å². The number of imide groups is 1. The third kappa shape index (κ3) is 2.87. The van der Waals surface area contributed by atoms with E-state index in [9.17, 15) is 14.4 Å². The van der Waals surface area contributed by atoms with Crippen molar-refractivity contribution in [3.05, 3.63) is 89.0 Å². The van der Waals surface area contributed by atoms with Gasteiger partial charge in [0.2, 0.25) is 0 Å². The van der Waals surface area contributed by atoms with Gasteiger partial charge in [0.05, 0.1) is 16.8 Å². The van der Waals surface area contributed by atoms with Gasteiger partial charge < -0.3 is 5.32 Å². The number of fused-ring (bicyclic) bond motifs is 1. The molecule has 5 heteroatoms. The van der Waals surface area contributed by atoms with Gasteiger partial charge in [0, 0.05) is 12.6 Å². The fourth-order valence-corrected chi connectivity index (χ4v) is 3.31. The van der Waals surface area contributed by atoms with Crippen LogP contribution in [0.25, 0.3) is 11.1 Å². The third-order valence-electron chi connectivity index (χ3n) is 4.89. The van der Waals surface area contributed by atoms with Crippen molar-refractivity contribution in [1.82, 2.24) is 5.32 Å². The van der Waals surface area contributed by atoms with Crippen LogP contribution in [0.2, 0.25) is 0 Å². The predicted octanol–water partition coefficient (Wildman–Crippen LogP) is 3.82. The molecule has 0 fully saturated rings.